The molecular formula is C17H35N3O. The zero-order chi connectivity index (χ0) is 16.3. The van der Waals surface area contributed by atoms with Gasteiger partial charge in [0.15, 0.2) is 0 Å². The van der Waals surface area contributed by atoms with Gasteiger partial charge in [-0.05, 0) is 38.3 Å². The van der Waals surface area contributed by atoms with Gasteiger partial charge in [-0.2, -0.15) is 0 Å². The van der Waals surface area contributed by atoms with Crippen molar-refractivity contribution in [1.29, 1.82) is 0 Å². The number of hydrogen-bond acceptors (Lipinski definition) is 3. The minimum atomic E-state index is -0.0131. The lowest BCUT2D eigenvalue weighted by Gasteiger charge is -2.38. The van der Waals surface area contributed by atoms with Crippen molar-refractivity contribution in [3.05, 3.63) is 0 Å². The largest absolute Gasteiger partial charge is 0.321 e. The Morgan fingerprint density at radius 1 is 1.14 bits per heavy atom. The van der Waals surface area contributed by atoms with Crippen LogP contribution < -0.4 is 5.32 Å². The van der Waals surface area contributed by atoms with Crippen LogP contribution in [0, 0.1) is 17.8 Å². The third kappa shape index (κ3) is 4.68. The normalized spacial score (nSPS) is 25.0. The SMILES string of the molecule is CC(C)CC1NC(C(C)C)N(C(CN(C)C)C(C)C)C1=O. The highest BCUT2D eigenvalue weighted by Crippen LogP contribution is 2.26. The van der Waals surface area contributed by atoms with E-state index >= 15 is 0 Å². The van der Waals surface area contributed by atoms with Crippen LogP contribution in [0.3, 0.4) is 0 Å². The summed E-state index contributed by atoms with van der Waals surface area (Å²) in [5, 5.41) is 3.59. The molecule has 0 aromatic carbocycles. The molecule has 0 aromatic heterocycles. The fourth-order valence-electron chi connectivity index (χ4n) is 3.19. The fourth-order valence-corrected chi connectivity index (χ4v) is 3.19. The molecule has 0 radical (unpaired) electrons. The van der Waals surface area contributed by atoms with Crippen LogP contribution in [0.4, 0.5) is 0 Å². The van der Waals surface area contributed by atoms with Gasteiger partial charge in [-0.1, -0.05) is 41.5 Å². The maximum Gasteiger partial charge on any atom is 0.241 e. The van der Waals surface area contributed by atoms with Crippen molar-refractivity contribution < 1.29 is 4.79 Å². The maximum absolute atomic E-state index is 12.9. The second kappa shape index (κ2) is 7.59. The van der Waals surface area contributed by atoms with E-state index in [2.05, 4.69) is 70.8 Å². The molecular weight excluding hydrogens is 262 g/mol. The molecule has 1 heterocycles. The zero-order valence-corrected chi connectivity index (χ0v) is 15.2. The number of carbonyl (C=O) groups is 1. The van der Waals surface area contributed by atoms with E-state index in [0.29, 0.717) is 23.7 Å². The Morgan fingerprint density at radius 3 is 2.10 bits per heavy atom. The molecule has 3 unspecified atom stereocenters. The molecule has 21 heavy (non-hydrogen) atoms. The first-order valence-electron chi connectivity index (χ1n) is 8.38. The lowest BCUT2D eigenvalue weighted by molar-refractivity contribution is -0.134. The first kappa shape index (κ1) is 18.4. The number of amides is 1. The molecule has 0 bridgehead atoms. The van der Waals surface area contributed by atoms with E-state index in [9.17, 15) is 4.79 Å². The van der Waals surface area contributed by atoms with E-state index in [-0.39, 0.29) is 18.2 Å². The topological polar surface area (TPSA) is 35.6 Å². The summed E-state index contributed by atoms with van der Waals surface area (Å²) >= 11 is 0. The molecule has 1 aliphatic rings. The monoisotopic (exact) mass is 297 g/mol. The third-order valence-corrected chi connectivity index (χ3v) is 4.24. The minimum Gasteiger partial charge on any atom is -0.321 e. The van der Waals surface area contributed by atoms with Crippen LogP contribution >= 0.6 is 0 Å². The van der Waals surface area contributed by atoms with Gasteiger partial charge in [-0.3, -0.25) is 10.1 Å². The van der Waals surface area contributed by atoms with Crippen LogP contribution in [0.1, 0.15) is 48.0 Å². The highest BCUT2D eigenvalue weighted by atomic mass is 16.2. The Hall–Kier alpha value is -0.610. The lowest BCUT2D eigenvalue weighted by atomic mass is 9.99. The molecule has 0 spiro atoms. The Labute approximate surface area is 131 Å². The van der Waals surface area contributed by atoms with Crippen LogP contribution in [0.2, 0.25) is 0 Å². The van der Waals surface area contributed by atoms with Crippen molar-refractivity contribution in [1.82, 2.24) is 15.1 Å². The quantitative estimate of drug-likeness (QED) is 0.784. The van der Waals surface area contributed by atoms with Gasteiger partial charge < -0.3 is 9.80 Å². The van der Waals surface area contributed by atoms with Crippen molar-refractivity contribution in [2.45, 2.75) is 66.2 Å². The second-order valence-electron chi connectivity index (χ2n) is 7.86. The molecule has 1 saturated heterocycles. The van der Waals surface area contributed by atoms with Gasteiger partial charge in [-0.15, -0.1) is 0 Å². The maximum atomic E-state index is 12.9. The molecule has 1 aliphatic heterocycles. The smallest absolute Gasteiger partial charge is 0.241 e. The van der Waals surface area contributed by atoms with Gasteiger partial charge in [0.1, 0.15) is 0 Å². The number of nitrogens with one attached hydrogen (secondary N) is 1. The highest BCUT2D eigenvalue weighted by molar-refractivity contribution is 5.84. The molecule has 4 heteroatoms. The summed E-state index contributed by atoms with van der Waals surface area (Å²) in [6.07, 6.45) is 1.08. The summed E-state index contributed by atoms with van der Waals surface area (Å²) < 4.78 is 0. The van der Waals surface area contributed by atoms with Crippen molar-refractivity contribution >= 4 is 5.91 Å². The Kier molecular flexibility index (Phi) is 6.67. The number of carbonyl (C=O) groups excluding carboxylic acids is 1. The van der Waals surface area contributed by atoms with Crippen molar-refractivity contribution in [3.8, 4) is 0 Å². The first-order chi connectivity index (χ1) is 9.65. The molecule has 1 amide bonds. The summed E-state index contributed by atoms with van der Waals surface area (Å²) in [5.74, 6) is 1.71. The van der Waals surface area contributed by atoms with Crippen LogP contribution in [-0.2, 0) is 4.79 Å². The first-order valence-corrected chi connectivity index (χ1v) is 8.38. The Bertz CT molecular complexity index is 339. The van der Waals surface area contributed by atoms with Crippen LogP contribution in [0.15, 0.2) is 0 Å². The Balaban J connectivity index is 3.00. The fraction of sp³-hybridized carbons (Fsp3) is 0.941. The summed E-state index contributed by atoms with van der Waals surface area (Å²) in [7, 11) is 4.17. The average Bonchev–Trinajstić information content (AvgIpc) is 2.63. The third-order valence-electron chi connectivity index (χ3n) is 4.24. The van der Waals surface area contributed by atoms with Crippen molar-refractivity contribution in [3.63, 3.8) is 0 Å². The second-order valence-corrected chi connectivity index (χ2v) is 7.86. The van der Waals surface area contributed by atoms with E-state index in [1.807, 2.05) is 0 Å². The molecule has 1 fully saturated rings. The number of nitrogens with zero attached hydrogens (tertiary/aromatic N) is 2. The summed E-state index contributed by atoms with van der Waals surface area (Å²) in [5.41, 5.74) is 0. The van der Waals surface area contributed by atoms with Gasteiger partial charge in [-0.25, -0.2) is 0 Å². The van der Waals surface area contributed by atoms with Gasteiger partial charge >= 0.3 is 0 Å². The van der Waals surface area contributed by atoms with E-state index in [1.165, 1.54) is 0 Å². The van der Waals surface area contributed by atoms with E-state index in [4.69, 9.17) is 0 Å². The van der Waals surface area contributed by atoms with Crippen LogP contribution in [-0.4, -0.2) is 54.6 Å². The van der Waals surface area contributed by atoms with Crippen molar-refractivity contribution in [2.75, 3.05) is 20.6 Å². The lowest BCUT2D eigenvalue weighted by Crippen LogP contribution is -2.53. The molecule has 124 valence electrons. The molecule has 0 aliphatic carbocycles. The van der Waals surface area contributed by atoms with E-state index in [1.54, 1.807) is 0 Å². The summed E-state index contributed by atoms with van der Waals surface area (Å²) in [6.45, 7) is 14.1. The van der Waals surface area contributed by atoms with Gasteiger partial charge in [0.25, 0.3) is 0 Å². The molecule has 0 aromatic rings. The standard InChI is InChI=1S/C17H35N3O/c1-11(2)9-14-17(21)20(16(18-14)13(5)6)15(12(3)4)10-19(7)8/h11-16,18H,9-10H2,1-8H3. The van der Waals surface area contributed by atoms with Gasteiger partial charge in [0, 0.05) is 12.6 Å². The molecule has 3 atom stereocenters. The molecule has 0 saturated carbocycles. The molecule has 4 nitrogen and oxygen atoms in total. The summed E-state index contributed by atoms with van der Waals surface area (Å²) in [4.78, 5) is 17.3. The van der Waals surface area contributed by atoms with E-state index < -0.39 is 0 Å². The zero-order valence-electron chi connectivity index (χ0n) is 15.2. The van der Waals surface area contributed by atoms with Crippen molar-refractivity contribution in [2.24, 2.45) is 17.8 Å². The van der Waals surface area contributed by atoms with Crippen LogP contribution in [0.5, 0.6) is 0 Å². The molecule has 1 rings (SSSR count). The van der Waals surface area contributed by atoms with E-state index in [0.717, 1.165) is 13.0 Å². The predicted molar refractivity (Wildman–Crippen MR) is 89.0 cm³/mol. The highest BCUT2D eigenvalue weighted by Gasteiger charge is 2.44. The van der Waals surface area contributed by atoms with Gasteiger partial charge in [0.2, 0.25) is 5.91 Å². The number of hydrogen-bond donors (Lipinski definition) is 1. The summed E-state index contributed by atoms with van der Waals surface area (Å²) in [6, 6.07) is 0.255. The van der Waals surface area contributed by atoms with Gasteiger partial charge in [0.05, 0.1) is 12.2 Å². The number of rotatable bonds is 7. The minimum absolute atomic E-state index is 0.0131. The predicted octanol–water partition coefficient (Wildman–Crippen LogP) is 2.40. The molecule has 1 N–H and O–H groups in total. The Morgan fingerprint density at radius 2 is 1.71 bits per heavy atom. The van der Waals surface area contributed by atoms with Crippen LogP contribution in [0.25, 0.3) is 0 Å². The number of likely N-dealkylation sites (N-methyl/N-ethyl adjacent to an activating group) is 1. The average molecular weight is 297 g/mol.